The number of benzene rings is 1. The Morgan fingerprint density at radius 3 is 3.11 bits per heavy atom. The normalized spacial score (nSPS) is 13.2. The molecule has 0 bridgehead atoms. The van der Waals surface area contributed by atoms with E-state index in [-0.39, 0.29) is 0 Å². The van der Waals surface area contributed by atoms with Crippen LogP contribution in [-0.2, 0) is 4.74 Å². The van der Waals surface area contributed by atoms with Crippen molar-refractivity contribution in [3.63, 3.8) is 0 Å². The third-order valence-corrected chi connectivity index (χ3v) is 3.00. The van der Waals surface area contributed by atoms with E-state index in [4.69, 9.17) is 10.00 Å². The molecule has 0 fully saturated rings. The zero-order chi connectivity index (χ0) is 12.8. The van der Waals surface area contributed by atoms with Crippen molar-refractivity contribution in [2.75, 3.05) is 6.61 Å². The monoisotopic (exact) mass is 239 g/mol. The lowest BCUT2D eigenvalue weighted by atomic mass is 10.0. The SMILES string of the molecule is Cc1cccc2c1C=CCC(OCCCC#N)=C2. The van der Waals surface area contributed by atoms with Gasteiger partial charge in [0.2, 0.25) is 0 Å². The minimum absolute atomic E-state index is 0.554. The number of ether oxygens (including phenoxy) is 1. The Morgan fingerprint density at radius 1 is 1.39 bits per heavy atom. The molecular formula is C16H17NO. The molecule has 1 aliphatic rings. The van der Waals surface area contributed by atoms with Gasteiger partial charge in [0.15, 0.2) is 0 Å². The number of hydrogen-bond donors (Lipinski definition) is 0. The largest absolute Gasteiger partial charge is 0.498 e. The van der Waals surface area contributed by atoms with E-state index >= 15 is 0 Å². The Hall–Kier alpha value is -2.01. The summed E-state index contributed by atoms with van der Waals surface area (Å²) in [6.45, 7) is 2.74. The standard InChI is InChI=1S/C16H17NO/c1-13-6-4-7-14-12-15(8-5-9-16(13)14)18-11-3-2-10-17/h4-7,9,12H,2-3,8,11H2,1H3. The molecule has 2 nitrogen and oxygen atoms in total. The fourth-order valence-corrected chi connectivity index (χ4v) is 2.04. The lowest BCUT2D eigenvalue weighted by molar-refractivity contribution is 0.208. The van der Waals surface area contributed by atoms with Crippen LogP contribution in [0.5, 0.6) is 0 Å². The number of fused-ring (bicyclic) bond motifs is 1. The molecule has 1 aliphatic carbocycles. The van der Waals surface area contributed by atoms with Crippen molar-refractivity contribution in [1.82, 2.24) is 0 Å². The van der Waals surface area contributed by atoms with Crippen LogP contribution < -0.4 is 0 Å². The smallest absolute Gasteiger partial charge is 0.100 e. The number of hydrogen-bond acceptors (Lipinski definition) is 2. The van der Waals surface area contributed by atoms with Crippen LogP contribution in [0.15, 0.2) is 30.0 Å². The predicted molar refractivity (Wildman–Crippen MR) is 73.6 cm³/mol. The van der Waals surface area contributed by atoms with Crippen molar-refractivity contribution in [3.8, 4) is 6.07 Å². The van der Waals surface area contributed by atoms with Gasteiger partial charge in [0.1, 0.15) is 5.76 Å². The fourth-order valence-electron chi connectivity index (χ4n) is 2.04. The van der Waals surface area contributed by atoms with Crippen molar-refractivity contribution in [1.29, 1.82) is 5.26 Å². The van der Waals surface area contributed by atoms with Crippen molar-refractivity contribution in [3.05, 3.63) is 46.7 Å². The maximum absolute atomic E-state index is 8.48. The Bertz CT molecular complexity index is 520. The molecule has 0 unspecified atom stereocenters. The zero-order valence-electron chi connectivity index (χ0n) is 10.6. The highest BCUT2D eigenvalue weighted by Crippen LogP contribution is 2.24. The number of aryl methyl sites for hydroxylation is 1. The van der Waals surface area contributed by atoms with Gasteiger partial charge >= 0.3 is 0 Å². The summed E-state index contributed by atoms with van der Waals surface area (Å²) in [6.07, 6.45) is 8.56. The van der Waals surface area contributed by atoms with Crippen LogP contribution >= 0.6 is 0 Å². The van der Waals surface area contributed by atoms with Crippen LogP contribution in [0.1, 0.15) is 36.0 Å². The molecule has 0 radical (unpaired) electrons. The molecular weight excluding hydrogens is 222 g/mol. The molecule has 0 saturated carbocycles. The molecule has 0 amide bonds. The average Bonchev–Trinajstić information content (AvgIpc) is 2.58. The highest BCUT2D eigenvalue weighted by molar-refractivity contribution is 5.70. The van der Waals surface area contributed by atoms with Gasteiger partial charge in [-0.15, -0.1) is 0 Å². The van der Waals surface area contributed by atoms with Crippen LogP contribution in [0.3, 0.4) is 0 Å². The highest BCUT2D eigenvalue weighted by Gasteiger charge is 2.06. The van der Waals surface area contributed by atoms with E-state index < -0.39 is 0 Å². The molecule has 92 valence electrons. The minimum atomic E-state index is 0.554. The van der Waals surface area contributed by atoms with Crippen molar-refractivity contribution >= 4 is 12.2 Å². The van der Waals surface area contributed by atoms with Crippen LogP contribution in [0.2, 0.25) is 0 Å². The summed E-state index contributed by atoms with van der Waals surface area (Å²) < 4.78 is 5.72. The number of rotatable bonds is 4. The molecule has 0 atom stereocenters. The van der Waals surface area contributed by atoms with E-state index in [0.717, 1.165) is 18.6 Å². The first-order valence-corrected chi connectivity index (χ1v) is 6.28. The molecule has 18 heavy (non-hydrogen) atoms. The number of nitrogens with zero attached hydrogens (tertiary/aromatic N) is 1. The van der Waals surface area contributed by atoms with Gasteiger partial charge in [0.05, 0.1) is 12.7 Å². The molecule has 2 rings (SSSR count). The molecule has 2 heteroatoms. The second-order valence-electron chi connectivity index (χ2n) is 4.41. The maximum atomic E-state index is 8.48. The zero-order valence-corrected chi connectivity index (χ0v) is 10.6. The summed E-state index contributed by atoms with van der Waals surface area (Å²) in [7, 11) is 0. The molecule has 0 aliphatic heterocycles. The molecule has 0 N–H and O–H groups in total. The van der Waals surface area contributed by atoms with Crippen molar-refractivity contribution < 1.29 is 4.74 Å². The third-order valence-electron chi connectivity index (χ3n) is 3.00. The van der Waals surface area contributed by atoms with E-state index in [9.17, 15) is 0 Å². The van der Waals surface area contributed by atoms with E-state index in [1.54, 1.807) is 0 Å². The summed E-state index contributed by atoms with van der Waals surface area (Å²) in [5, 5.41) is 8.48. The van der Waals surface area contributed by atoms with Gasteiger partial charge in [-0.05, 0) is 36.1 Å². The molecule has 0 heterocycles. The van der Waals surface area contributed by atoms with Gasteiger partial charge in [-0.2, -0.15) is 5.26 Å². The minimum Gasteiger partial charge on any atom is -0.498 e. The summed E-state index contributed by atoms with van der Waals surface area (Å²) >= 11 is 0. The first kappa shape index (κ1) is 12.4. The van der Waals surface area contributed by atoms with Crippen LogP contribution in [0.4, 0.5) is 0 Å². The van der Waals surface area contributed by atoms with Gasteiger partial charge in [-0.25, -0.2) is 0 Å². The first-order chi connectivity index (χ1) is 8.81. The lowest BCUT2D eigenvalue weighted by Crippen LogP contribution is -1.94. The Morgan fingerprint density at radius 2 is 2.28 bits per heavy atom. The molecule has 0 aromatic heterocycles. The number of allylic oxidation sites excluding steroid dienone is 1. The molecule has 1 aromatic rings. The second-order valence-corrected chi connectivity index (χ2v) is 4.41. The maximum Gasteiger partial charge on any atom is 0.100 e. The third kappa shape index (κ3) is 3.01. The van der Waals surface area contributed by atoms with E-state index in [1.807, 2.05) is 0 Å². The summed E-state index contributed by atoms with van der Waals surface area (Å²) in [5.41, 5.74) is 3.76. The van der Waals surface area contributed by atoms with Crippen LogP contribution in [0.25, 0.3) is 12.2 Å². The fraction of sp³-hybridized carbons (Fsp3) is 0.312. The second kappa shape index (κ2) is 6.07. The van der Waals surface area contributed by atoms with Gasteiger partial charge in [-0.1, -0.05) is 30.4 Å². The summed E-state index contributed by atoms with van der Waals surface area (Å²) in [4.78, 5) is 0. The molecule has 0 saturated heterocycles. The summed E-state index contributed by atoms with van der Waals surface area (Å²) in [5.74, 6) is 0.980. The quantitative estimate of drug-likeness (QED) is 0.742. The van der Waals surface area contributed by atoms with Gasteiger partial charge in [0, 0.05) is 12.8 Å². The topological polar surface area (TPSA) is 33.0 Å². The highest BCUT2D eigenvalue weighted by atomic mass is 16.5. The first-order valence-electron chi connectivity index (χ1n) is 6.28. The average molecular weight is 239 g/mol. The van der Waals surface area contributed by atoms with E-state index in [2.05, 4.69) is 49.4 Å². The Balaban J connectivity index is 2.11. The predicted octanol–water partition coefficient (Wildman–Crippen LogP) is 4.07. The van der Waals surface area contributed by atoms with Crippen LogP contribution in [0, 0.1) is 18.3 Å². The Labute approximate surface area is 108 Å². The number of unbranched alkanes of at least 4 members (excludes halogenated alkanes) is 1. The lowest BCUT2D eigenvalue weighted by Gasteiger charge is -2.08. The van der Waals surface area contributed by atoms with E-state index in [1.165, 1.54) is 16.7 Å². The van der Waals surface area contributed by atoms with Gasteiger partial charge in [0.25, 0.3) is 0 Å². The number of nitriles is 1. The molecule has 1 aromatic carbocycles. The Kier molecular flexibility index (Phi) is 4.20. The van der Waals surface area contributed by atoms with Crippen LogP contribution in [-0.4, -0.2) is 6.61 Å². The van der Waals surface area contributed by atoms with Crippen molar-refractivity contribution in [2.24, 2.45) is 0 Å². The summed E-state index contributed by atoms with van der Waals surface area (Å²) in [6, 6.07) is 8.42. The molecule has 0 spiro atoms. The van der Waals surface area contributed by atoms with Gasteiger partial charge in [-0.3, -0.25) is 0 Å². The van der Waals surface area contributed by atoms with Crippen molar-refractivity contribution in [2.45, 2.75) is 26.2 Å². The van der Waals surface area contributed by atoms with Gasteiger partial charge < -0.3 is 4.74 Å². The van der Waals surface area contributed by atoms with E-state index in [0.29, 0.717) is 13.0 Å².